The number of carbonyl (C=O) groups excluding carboxylic acids is 1. The van der Waals surface area contributed by atoms with E-state index < -0.39 is 10.8 Å². The second-order valence-corrected chi connectivity index (χ2v) is 4.26. The summed E-state index contributed by atoms with van der Waals surface area (Å²) < 4.78 is 0. The number of amides is 1. The summed E-state index contributed by atoms with van der Waals surface area (Å²) in [6.07, 6.45) is 0. The first kappa shape index (κ1) is 13.5. The fraction of sp³-hybridized carbons (Fsp3) is 0.0714. The van der Waals surface area contributed by atoms with E-state index in [4.69, 9.17) is 0 Å². The minimum absolute atomic E-state index is 0.0208. The van der Waals surface area contributed by atoms with Gasteiger partial charge in [0.2, 0.25) is 0 Å². The lowest BCUT2D eigenvalue weighted by Gasteiger charge is -2.06. The van der Waals surface area contributed by atoms with Crippen LogP contribution in [0.3, 0.4) is 0 Å². The third-order valence-corrected chi connectivity index (χ3v) is 2.77. The van der Waals surface area contributed by atoms with E-state index in [1.54, 1.807) is 25.1 Å². The van der Waals surface area contributed by atoms with Gasteiger partial charge < -0.3 is 10.4 Å². The molecule has 2 N–H and O–H groups in total. The van der Waals surface area contributed by atoms with Crippen LogP contribution in [0.15, 0.2) is 42.5 Å². The van der Waals surface area contributed by atoms with E-state index in [0.717, 1.165) is 0 Å². The normalized spacial score (nSPS) is 10.1. The Balaban J connectivity index is 2.24. The number of hydrogen-bond donors (Lipinski definition) is 2. The summed E-state index contributed by atoms with van der Waals surface area (Å²) in [5.74, 6) is -0.466. The van der Waals surface area contributed by atoms with Crippen molar-refractivity contribution in [3.8, 4) is 5.75 Å². The van der Waals surface area contributed by atoms with Crippen molar-refractivity contribution in [1.29, 1.82) is 0 Å². The van der Waals surface area contributed by atoms with Gasteiger partial charge in [0.25, 0.3) is 11.6 Å². The largest absolute Gasteiger partial charge is 0.508 e. The molecule has 0 aliphatic heterocycles. The molecule has 0 radical (unpaired) electrons. The number of nitro benzene ring substituents is 1. The third kappa shape index (κ3) is 2.92. The molecule has 0 fully saturated rings. The Kier molecular flexibility index (Phi) is 3.65. The molecule has 6 nitrogen and oxygen atoms in total. The molecular formula is C14H12N2O4. The van der Waals surface area contributed by atoms with Gasteiger partial charge in [-0.05, 0) is 31.2 Å². The molecule has 6 heteroatoms. The predicted molar refractivity (Wildman–Crippen MR) is 73.9 cm³/mol. The van der Waals surface area contributed by atoms with Gasteiger partial charge in [0.05, 0.1) is 4.92 Å². The van der Waals surface area contributed by atoms with Crippen LogP contribution in [0.1, 0.15) is 15.9 Å². The SMILES string of the molecule is Cc1ccc(NC(=O)c2cccc(O)c2)cc1[N+](=O)[O-]. The molecule has 0 spiro atoms. The van der Waals surface area contributed by atoms with Gasteiger partial charge in [-0.1, -0.05) is 12.1 Å². The van der Waals surface area contributed by atoms with Gasteiger partial charge in [-0.3, -0.25) is 14.9 Å². The summed E-state index contributed by atoms with van der Waals surface area (Å²) in [5, 5.41) is 22.7. The highest BCUT2D eigenvalue weighted by Gasteiger charge is 2.13. The first-order valence-corrected chi connectivity index (χ1v) is 5.83. The summed E-state index contributed by atoms with van der Waals surface area (Å²) in [5.41, 5.74) is 1.06. The number of aromatic hydroxyl groups is 1. The molecule has 0 aromatic heterocycles. The highest BCUT2D eigenvalue weighted by Crippen LogP contribution is 2.23. The molecule has 0 bridgehead atoms. The van der Waals surface area contributed by atoms with Gasteiger partial charge in [0.1, 0.15) is 5.75 Å². The quantitative estimate of drug-likeness (QED) is 0.663. The van der Waals surface area contributed by atoms with E-state index in [1.807, 2.05) is 0 Å². The van der Waals surface area contributed by atoms with Crippen LogP contribution in [0.25, 0.3) is 0 Å². The number of phenols is 1. The molecule has 0 unspecified atom stereocenters. The van der Waals surface area contributed by atoms with Gasteiger partial charge in [-0.15, -0.1) is 0 Å². The monoisotopic (exact) mass is 272 g/mol. The molecule has 1 amide bonds. The zero-order chi connectivity index (χ0) is 14.7. The average molecular weight is 272 g/mol. The van der Waals surface area contributed by atoms with Crippen molar-refractivity contribution in [3.05, 3.63) is 63.7 Å². The summed E-state index contributed by atoms with van der Waals surface area (Å²) in [6.45, 7) is 1.62. The molecule has 0 saturated carbocycles. The van der Waals surface area contributed by atoms with E-state index in [2.05, 4.69) is 5.32 Å². The second kappa shape index (κ2) is 5.40. The summed E-state index contributed by atoms with van der Waals surface area (Å²) >= 11 is 0. The van der Waals surface area contributed by atoms with Crippen LogP contribution < -0.4 is 5.32 Å². The van der Waals surface area contributed by atoms with E-state index >= 15 is 0 Å². The second-order valence-electron chi connectivity index (χ2n) is 4.26. The zero-order valence-electron chi connectivity index (χ0n) is 10.7. The number of nitro groups is 1. The van der Waals surface area contributed by atoms with Crippen LogP contribution in [0.2, 0.25) is 0 Å². The van der Waals surface area contributed by atoms with Crippen molar-refractivity contribution >= 4 is 17.3 Å². The molecule has 0 atom stereocenters. The first-order chi connectivity index (χ1) is 9.47. The lowest BCUT2D eigenvalue weighted by atomic mass is 10.1. The predicted octanol–water partition coefficient (Wildman–Crippen LogP) is 2.86. The van der Waals surface area contributed by atoms with Crippen LogP contribution >= 0.6 is 0 Å². The van der Waals surface area contributed by atoms with Crippen molar-refractivity contribution < 1.29 is 14.8 Å². The molecule has 2 rings (SSSR count). The molecule has 0 aliphatic rings. The van der Waals surface area contributed by atoms with E-state index in [-0.39, 0.29) is 17.0 Å². The minimum atomic E-state index is -0.501. The van der Waals surface area contributed by atoms with E-state index in [9.17, 15) is 20.0 Å². The molecule has 0 saturated heterocycles. The Bertz CT molecular complexity index is 683. The molecule has 2 aromatic carbocycles. The highest BCUT2D eigenvalue weighted by atomic mass is 16.6. The average Bonchev–Trinajstić information content (AvgIpc) is 2.40. The molecule has 0 heterocycles. The fourth-order valence-corrected chi connectivity index (χ4v) is 1.73. The number of aryl methyl sites for hydroxylation is 1. The molecule has 20 heavy (non-hydrogen) atoms. The Morgan fingerprint density at radius 2 is 2.00 bits per heavy atom. The Morgan fingerprint density at radius 1 is 1.25 bits per heavy atom. The lowest BCUT2D eigenvalue weighted by molar-refractivity contribution is -0.385. The highest BCUT2D eigenvalue weighted by molar-refractivity contribution is 6.04. The minimum Gasteiger partial charge on any atom is -0.508 e. The maximum atomic E-state index is 11.9. The maximum absolute atomic E-state index is 11.9. The van der Waals surface area contributed by atoms with Crippen molar-refractivity contribution in [3.63, 3.8) is 0 Å². The number of anilines is 1. The molecular weight excluding hydrogens is 260 g/mol. The smallest absolute Gasteiger partial charge is 0.274 e. The van der Waals surface area contributed by atoms with Crippen molar-refractivity contribution in [2.45, 2.75) is 6.92 Å². The van der Waals surface area contributed by atoms with Crippen molar-refractivity contribution in [1.82, 2.24) is 0 Å². The molecule has 2 aromatic rings. The summed E-state index contributed by atoms with van der Waals surface area (Å²) in [6, 6.07) is 10.3. The Morgan fingerprint density at radius 3 is 2.65 bits per heavy atom. The van der Waals surface area contributed by atoms with Crippen LogP contribution in [0, 0.1) is 17.0 Å². The summed E-state index contributed by atoms with van der Waals surface area (Å²) in [7, 11) is 0. The van der Waals surface area contributed by atoms with Gasteiger partial charge in [0, 0.05) is 22.9 Å². The standard InChI is InChI=1S/C14H12N2O4/c1-9-5-6-11(8-13(9)16(19)20)15-14(18)10-3-2-4-12(17)7-10/h2-8,17H,1H3,(H,15,18). The van der Waals surface area contributed by atoms with Crippen molar-refractivity contribution in [2.24, 2.45) is 0 Å². The molecule has 0 aliphatic carbocycles. The van der Waals surface area contributed by atoms with Gasteiger partial charge >= 0.3 is 0 Å². The number of rotatable bonds is 3. The summed E-state index contributed by atoms with van der Waals surface area (Å²) in [4.78, 5) is 22.3. The van der Waals surface area contributed by atoms with Gasteiger partial charge in [-0.25, -0.2) is 0 Å². The number of benzene rings is 2. The van der Waals surface area contributed by atoms with Crippen LogP contribution in [-0.2, 0) is 0 Å². The fourth-order valence-electron chi connectivity index (χ4n) is 1.73. The van der Waals surface area contributed by atoms with Crippen LogP contribution in [-0.4, -0.2) is 15.9 Å². The maximum Gasteiger partial charge on any atom is 0.274 e. The van der Waals surface area contributed by atoms with E-state index in [0.29, 0.717) is 11.3 Å². The number of nitrogens with zero attached hydrogens (tertiary/aromatic N) is 1. The molecule has 102 valence electrons. The van der Waals surface area contributed by atoms with Gasteiger partial charge in [0.15, 0.2) is 0 Å². The number of nitrogens with one attached hydrogen (secondary N) is 1. The third-order valence-electron chi connectivity index (χ3n) is 2.77. The Labute approximate surface area is 114 Å². The topological polar surface area (TPSA) is 92.5 Å². The van der Waals surface area contributed by atoms with E-state index in [1.165, 1.54) is 24.3 Å². The van der Waals surface area contributed by atoms with Crippen molar-refractivity contribution in [2.75, 3.05) is 5.32 Å². The number of carbonyl (C=O) groups is 1. The van der Waals surface area contributed by atoms with Crippen LogP contribution in [0.5, 0.6) is 5.75 Å². The van der Waals surface area contributed by atoms with Gasteiger partial charge in [-0.2, -0.15) is 0 Å². The zero-order valence-corrected chi connectivity index (χ0v) is 10.7. The Hall–Kier alpha value is -2.89. The number of phenolic OH excluding ortho intramolecular Hbond substituents is 1. The lowest BCUT2D eigenvalue weighted by Crippen LogP contribution is -2.11. The first-order valence-electron chi connectivity index (χ1n) is 5.83. The number of hydrogen-bond acceptors (Lipinski definition) is 4. The van der Waals surface area contributed by atoms with Crippen LogP contribution in [0.4, 0.5) is 11.4 Å².